The molecule has 0 radical (unpaired) electrons. The van der Waals surface area contributed by atoms with Crippen LogP contribution in [0.15, 0.2) is 24.5 Å². The van der Waals surface area contributed by atoms with E-state index in [2.05, 4.69) is 40.3 Å². The Hall–Kier alpha value is -3.27. The summed E-state index contributed by atoms with van der Waals surface area (Å²) in [5, 5.41) is 6.76. The number of hydrogen-bond donors (Lipinski definition) is 1. The Bertz CT molecular complexity index is 1150. The van der Waals surface area contributed by atoms with Gasteiger partial charge in [-0.3, -0.25) is 29.3 Å². The summed E-state index contributed by atoms with van der Waals surface area (Å²) in [6.07, 6.45) is 4.50. The molecule has 3 amide bonds. The van der Waals surface area contributed by atoms with E-state index in [1.165, 1.54) is 22.6 Å². The van der Waals surface area contributed by atoms with E-state index < -0.39 is 17.8 Å². The molecule has 9 nitrogen and oxygen atoms in total. The molecule has 1 unspecified atom stereocenters. The second-order valence-corrected chi connectivity index (χ2v) is 10.1. The number of carbonyl (C=O) groups excluding carboxylic acids is 3. The molecule has 0 aliphatic carbocycles. The zero-order valence-corrected chi connectivity index (χ0v) is 20.2. The molecule has 2 aromatic rings. The lowest BCUT2D eigenvalue weighted by atomic mass is 10.0. The lowest BCUT2D eigenvalue weighted by Gasteiger charge is -2.37. The van der Waals surface area contributed by atoms with Crippen LogP contribution in [0.2, 0.25) is 0 Å². The van der Waals surface area contributed by atoms with E-state index in [0.29, 0.717) is 30.3 Å². The molecular weight excluding hydrogens is 451 g/mol. The van der Waals surface area contributed by atoms with Crippen LogP contribution in [-0.4, -0.2) is 69.5 Å². The molecule has 0 spiro atoms. The monoisotopic (exact) mass is 482 g/mol. The number of hydrogen-bond acceptors (Lipinski definition) is 6. The fraction of sp³-hybridized carbons (Fsp3) is 0.520. The summed E-state index contributed by atoms with van der Waals surface area (Å²) in [5.41, 5.74) is 2.96. The highest BCUT2D eigenvalue weighted by Crippen LogP contribution is 2.35. The lowest BCUT2D eigenvalue weighted by molar-refractivity contribution is -0.136. The first-order chi connectivity index (χ1) is 16.8. The minimum Gasteiger partial charge on any atom is -0.369 e. The topological polar surface area (TPSA) is 90.8 Å². The second kappa shape index (κ2) is 9.41. The number of aromatic nitrogens is 2. The quantitative estimate of drug-likeness (QED) is 0.631. The predicted molar refractivity (Wildman–Crippen MR) is 127 cm³/mol. The third-order valence-electron chi connectivity index (χ3n) is 6.96. The Morgan fingerprint density at radius 2 is 1.91 bits per heavy atom. The summed E-state index contributed by atoms with van der Waals surface area (Å²) in [5.74, 6) is -1.07. The Morgan fingerprint density at radius 3 is 2.63 bits per heavy atom. The van der Waals surface area contributed by atoms with Gasteiger partial charge < -0.3 is 9.80 Å². The third-order valence-corrected chi connectivity index (χ3v) is 6.96. The molecule has 186 valence electrons. The Labute approximate surface area is 203 Å². The van der Waals surface area contributed by atoms with Crippen molar-refractivity contribution in [3.63, 3.8) is 0 Å². The normalized spacial score (nSPS) is 21.1. The van der Waals surface area contributed by atoms with E-state index >= 15 is 0 Å². The van der Waals surface area contributed by atoms with E-state index in [9.17, 15) is 18.8 Å². The van der Waals surface area contributed by atoms with Crippen molar-refractivity contribution >= 4 is 23.4 Å². The van der Waals surface area contributed by atoms with Gasteiger partial charge >= 0.3 is 0 Å². The molecule has 0 bridgehead atoms. The average molecular weight is 483 g/mol. The molecule has 2 fully saturated rings. The van der Waals surface area contributed by atoms with Crippen LogP contribution in [0, 0.1) is 11.7 Å². The number of piperidine rings is 1. The SMILES string of the molecule is CC(C)Cn1cc(CN2CCN(c3cc(F)cc4c3CN(C3CCC(=O)NC3=O)C4=O)CC2)cn1. The van der Waals surface area contributed by atoms with Gasteiger partial charge in [0.25, 0.3) is 5.91 Å². The summed E-state index contributed by atoms with van der Waals surface area (Å²) >= 11 is 0. The first-order valence-corrected chi connectivity index (χ1v) is 12.2. The van der Waals surface area contributed by atoms with Crippen LogP contribution in [0.4, 0.5) is 10.1 Å². The Balaban J connectivity index is 1.27. The third kappa shape index (κ3) is 4.80. The number of nitrogens with one attached hydrogen (secondary N) is 1. The predicted octanol–water partition coefficient (Wildman–Crippen LogP) is 1.76. The van der Waals surface area contributed by atoms with Gasteiger partial charge in [-0.25, -0.2) is 4.39 Å². The molecule has 1 aromatic heterocycles. The first-order valence-electron chi connectivity index (χ1n) is 12.2. The molecule has 1 atom stereocenters. The highest BCUT2D eigenvalue weighted by Gasteiger charge is 2.41. The number of imide groups is 1. The Kier molecular flexibility index (Phi) is 6.31. The number of rotatable bonds is 6. The van der Waals surface area contributed by atoms with Crippen molar-refractivity contribution in [3.8, 4) is 0 Å². The van der Waals surface area contributed by atoms with Crippen molar-refractivity contribution in [3.05, 3.63) is 47.0 Å². The zero-order valence-electron chi connectivity index (χ0n) is 20.2. The summed E-state index contributed by atoms with van der Waals surface area (Å²) in [7, 11) is 0. The molecule has 3 aliphatic rings. The number of piperazine rings is 1. The highest BCUT2D eigenvalue weighted by atomic mass is 19.1. The van der Waals surface area contributed by atoms with E-state index in [0.717, 1.165) is 31.7 Å². The van der Waals surface area contributed by atoms with Crippen molar-refractivity contribution in [2.45, 2.75) is 52.4 Å². The summed E-state index contributed by atoms with van der Waals surface area (Å²) in [4.78, 5) is 42.9. The van der Waals surface area contributed by atoms with Crippen molar-refractivity contribution < 1.29 is 18.8 Å². The maximum absolute atomic E-state index is 14.6. The first kappa shape index (κ1) is 23.5. The standard InChI is InChI=1S/C25H31FN6O3/c1-16(2)12-31-14-17(11-27-31)13-29-5-7-30(8-6-29)22-10-18(26)9-19-20(22)15-32(25(19)35)21-3-4-23(33)28-24(21)34/h9-11,14,16,21H,3-8,12-13,15H2,1-2H3,(H,28,33,34). The van der Waals surface area contributed by atoms with Gasteiger partial charge in [-0.05, 0) is 24.5 Å². The summed E-state index contributed by atoms with van der Waals surface area (Å²) in [6.45, 7) is 9.33. The van der Waals surface area contributed by atoms with Crippen LogP contribution in [0.3, 0.4) is 0 Å². The van der Waals surface area contributed by atoms with Gasteiger partial charge in [0, 0.05) is 80.8 Å². The number of fused-ring (bicyclic) bond motifs is 1. The van der Waals surface area contributed by atoms with Gasteiger partial charge in [-0.1, -0.05) is 13.8 Å². The molecular formula is C25H31FN6O3. The minimum atomic E-state index is -0.711. The van der Waals surface area contributed by atoms with Gasteiger partial charge in [-0.15, -0.1) is 0 Å². The van der Waals surface area contributed by atoms with Crippen LogP contribution >= 0.6 is 0 Å². The van der Waals surface area contributed by atoms with Crippen molar-refractivity contribution in [1.82, 2.24) is 24.9 Å². The number of nitrogens with zero attached hydrogens (tertiary/aromatic N) is 5. The van der Waals surface area contributed by atoms with E-state index in [1.54, 1.807) is 0 Å². The number of benzene rings is 1. The van der Waals surface area contributed by atoms with E-state index in [1.807, 2.05) is 10.9 Å². The smallest absolute Gasteiger partial charge is 0.255 e. The van der Waals surface area contributed by atoms with Crippen LogP contribution in [0.25, 0.3) is 0 Å². The molecule has 4 heterocycles. The van der Waals surface area contributed by atoms with Gasteiger partial charge in [0.05, 0.1) is 6.20 Å². The number of carbonyl (C=O) groups is 3. The minimum absolute atomic E-state index is 0.191. The highest BCUT2D eigenvalue weighted by molar-refractivity contribution is 6.06. The average Bonchev–Trinajstić information content (AvgIpc) is 3.37. The van der Waals surface area contributed by atoms with Crippen LogP contribution in [-0.2, 0) is 29.2 Å². The van der Waals surface area contributed by atoms with Crippen molar-refractivity contribution in [2.24, 2.45) is 5.92 Å². The maximum atomic E-state index is 14.6. The Morgan fingerprint density at radius 1 is 1.14 bits per heavy atom. The van der Waals surface area contributed by atoms with Crippen LogP contribution in [0.5, 0.6) is 0 Å². The van der Waals surface area contributed by atoms with Crippen molar-refractivity contribution in [1.29, 1.82) is 0 Å². The molecule has 3 aliphatic heterocycles. The molecule has 1 aromatic carbocycles. The largest absolute Gasteiger partial charge is 0.369 e. The fourth-order valence-corrected chi connectivity index (χ4v) is 5.26. The van der Waals surface area contributed by atoms with Crippen molar-refractivity contribution in [2.75, 3.05) is 31.1 Å². The van der Waals surface area contributed by atoms with Crippen LogP contribution in [0.1, 0.15) is 48.2 Å². The van der Waals surface area contributed by atoms with Gasteiger partial charge in [0.15, 0.2) is 0 Å². The van der Waals surface area contributed by atoms with Gasteiger partial charge in [0.2, 0.25) is 11.8 Å². The molecule has 35 heavy (non-hydrogen) atoms. The molecule has 5 rings (SSSR count). The molecule has 10 heteroatoms. The maximum Gasteiger partial charge on any atom is 0.255 e. The zero-order chi connectivity index (χ0) is 24.7. The van der Waals surface area contributed by atoms with E-state index in [4.69, 9.17) is 0 Å². The summed E-state index contributed by atoms with van der Waals surface area (Å²) < 4.78 is 16.5. The number of amides is 3. The lowest BCUT2D eigenvalue weighted by Crippen LogP contribution is -2.52. The second-order valence-electron chi connectivity index (χ2n) is 10.1. The van der Waals surface area contributed by atoms with Crippen LogP contribution < -0.4 is 10.2 Å². The number of anilines is 1. The fourth-order valence-electron chi connectivity index (χ4n) is 5.26. The molecule has 2 saturated heterocycles. The molecule has 0 saturated carbocycles. The summed E-state index contributed by atoms with van der Waals surface area (Å²) in [6, 6.07) is 2.04. The van der Waals surface area contributed by atoms with E-state index in [-0.39, 0.29) is 31.2 Å². The number of halogens is 1. The van der Waals surface area contributed by atoms with Gasteiger partial charge in [0.1, 0.15) is 11.9 Å². The molecule has 1 N–H and O–H groups in total. The van der Waals surface area contributed by atoms with Gasteiger partial charge in [-0.2, -0.15) is 5.10 Å².